The second kappa shape index (κ2) is 9.72. The van der Waals surface area contributed by atoms with Crippen LogP contribution in [0.4, 0.5) is 0 Å². The number of hydrogen-bond acceptors (Lipinski definition) is 4. The number of carbonyl (C=O) groups excluding carboxylic acids is 1. The SMILES string of the molecule is CCCCC1CC(C23C[C@@H]4[C@H](C)CC[C@H]4C4(C=O)CC2C=C(C(C)C)C34C(=O)O)OC1CN1CCCCC1. The number of ether oxygens (including phenoxy) is 1. The zero-order chi connectivity index (χ0) is 26.9. The average molecular weight is 526 g/mol. The predicted octanol–water partition coefficient (Wildman–Crippen LogP) is 6.36. The molecule has 38 heavy (non-hydrogen) atoms. The molecular formula is C33H51NO4. The molecular weight excluding hydrogens is 474 g/mol. The van der Waals surface area contributed by atoms with E-state index >= 15 is 0 Å². The lowest BCUT2D eigenvalue weighted by atomic mass is 9.41. The Morgan fingerprint density at radius 3 is 2.63 bits per heavy atom. The summed E-state index contributed by atoms with van der Waals surface area (Å²) in [4.78, 5) is 29.9. The highest BCUT2D eigenvalue weighted by molar-refractivity contribution is 5.90. The summed E-state index contributed by atoms with van der Waals surface area (Å²) >= 11 is 0. The van der Waals surface area contributed by atoms with E-state index in [9.17, 15) is 14.7 Å². The van der Waals surface area contributed by atoms with Crippen molar-refractivity contribution in [3.05, 3.63) is 11.6 Å². The number of rotatable bonds is 9. The maximum Gasteiger partial charge on any atom is 0.315 e. The molecule has 0 amide bonds. The summed E-state index contributed by atoms with van der Waals surface area (Å²) in [7, 11) is 0. The number of nitrogens with zero attached hydrogens (tertiary/aromatic N) is 1. The van der Waals surface area contributed by atoms with Gasteiger partial charge in [0.15, 0.2) is 0 Å². The molecule has 5 nitrogen and oxygen atoms in total. The third kappa shape index (κ3) is 3.36. The van der Waals surface area contributed by atoms with Crippen LogP contribution in [-0.4, -0.2) is 54.1 Å². The molecule has 0 radical (unpaired) electrons. The smallest absolute Gasteiger partial charge is 0.315 e. The van der Waals surface area contributed by atoms with Crippen LogP contribution in [0.3, 0.4) is 0 Å². The van der Waals surface area contributed by atoms with E-state index in [0.29, 0.717) is 24.2 Å². The molecule has 2 aliphatic heterocycles. The third-order valence-electron chi connectivity index (χ3n) is 12.8. The molecule has 212 valence electrons. The highest BCUT2D eigenvalue weighted by atomic mass is 16.5. The van der Waals surface area contributed by atoms with Crippen LogP contribution in [0.15, 0.2) is 11.6 Å². The molecule has 1 N–H and O–H groups in total. The van der Waals surface area contributed by atoms with E-state index in [1.807, 2.05) is 0 Å². The molecule has 6 rings (SSSR count). The van der Waals surface area contributed by atoms with Gasteiger partial charge in [0.1, 0.15) is 11.7 Å². The highest BCUT2D eigenvalue weighted by Crippen LogP contribution is 2.84. The number of carbonyl (C=O) groups is 2. The van der Waals surface area contributed by atoms with Crippen molar-refractivity contribution in [2.75, 3.05) is 19.6 Å². The Morgan fingerprint density at radius 1 is 1.21 bits per heavy atom. The summed E-state index contributed by atoms with van der Waals surface area (Å²) in [5, 5.41) is 11.4. The summed E-state index contributed by atoms with van der Waals surface area (Å²) in [6.07, 6.45) is 15.7. The topological polar surface area (TPSA) is 66.8 Å². The number of aldehydes is 1. The van der Waals surface area contributed by atoms with Crippen LogP contribution in [0.25, 0.3) is 0 Å². The highest BCUT2D eigenvalue weighted by Gasteiger charge is 2.86. The maximum atomic E-state index is 13.9. The van der Waals surface area contributed by atoms with Gasteiger partial charge in [-0.2, -0.15) is 0 Å². The first-order valence-electron chi connectivity index (χ1n) is 16.1. The number of allylic oxidation sites excluding steroid dienone is 1. The number of fused-ring (bicyclic) bond motifs is 2. The monoisotopic (exact) mass is 525 g/mol. The lowest BCUT2D eigenvalue weighted by molar-refractivity contribution is -0.197. The van der Waals surface area contributed by atoms with E-state index in [1.54, 1.807) is 0 Å². The lowest BCUT2D eigenvalue weighted by Crippen LogP contribution is -2.65. The van der Waals surface area contributed by atoms with Crippen molar-refractivity contribution in [1.82, 2.24) is 4.90 Å². The minimum atomic E-state index is -1.12. The van der Waals surface area contributed by atoms with Crippen LogP contribution in [-0.2, 0) is 14.3 Å². The Balaban J connectivity index is 1.44. The van der Waals surface area contributed by atoms with E-state index in [0.717, 1.165) is 63.6 Å². The Labute approximate surface area is 230 Å². The summed E-state index contributed by atoms with van der Waals surface area (Å²) in [5.74, 6) is 1.15. The first-order chi connectivity index (χ1) is 18.3. The summed E-state index contributed by atoms with van der Waals surface area (Å²) in [6.45, 7) is 12.2. The van der Waals surface area contributed by atoms with Crippen LogP contribution < -0.4 is 0 Å². The first-order valence-corrected chi connectivity index (χ1v) is 16.1. The number of unbranched alkanes of at least 4 members (excludes halogenated alkanes) is 1. The van der Waals surface area contributed by atoms with E-state index < -0.39 is 22.2 Å². The van der Waals surface area contributed by atoms with Crippen LogP contribution in [0.5, 0.6) is 0 Å². The number of piperidine rings is 1. The summed E-state index contributed by atoms with van der Waals surface area (Å²) < 4.78 is 7.24. The number of likely N-dealkylation sites (tertiary alicyclic amines) is 1. The first kappa shape index (κ1) is 27.0. The second-order valence-electron chi connectivity index (χ2n) is 14.5. The molecule has 2 saturated heterocycles. The zero-order valence-electron chi connectivity index (χ0n) is 24.3. The Hall–Kier alpha value is -1.20. The number of hydrogen-bond donors (Lipinski definition) is 1. The summed E-state index contributed by atoms with van der Waals surface area (Å²) in [5.41, 5.74) is -1.37. The normalized spacial score (nSPS) is 47.9. The van der Waals surface area contributed by atoms with Gasteiger partial charge in [0.2, 0.25) is 0 Å². The molecule has 0 aromatic carbocycles. The van der Waals surface area contributed by atoms with Gasteiger partial charge in [-0.15, -0.1) is 0 Å². The second-order valence-corrected chi connectivity index (χ2v) is 14.5. The van der Waals surface area contributed by atoms with Crippen molar-refractivity contribution < 1.29 is 19.4 Å². The van der Waals surface area contributed by atoms with Gasteiger partial charge in [0, 0.05) is 12.0 Å². The van der Waals surface area contributed by atoms with Gasteiger partial charge in [0.25, 0.3) is 0 Å². The largest absolute Gasteiger partial charge is 0.481 e. The minimum Gasteiger partial charge on any atom is -0.481 e. The van der Waals surface area contributed by atoms with Gasteiger partial charge in [0.05, 0.1) is 17.6 Å². The van der Waals surface area contributed by atoms with Crippen molar-refractivity contribution in [3.8, 4) is 0 Å². The zero-order valence-corrected chi connectivity index (χ0v) is 24.3. The molecule has 7 unspecified atom stereocenters. The third-order valence-corrected chi connectivity index (χ3v) is 12.8. The van der Waals surface area contributed by atoms with Crippen molar-refractivity contribution in [2.24, 2.45) is 51.8 Å². The van der Waals surface area contributed by atoms with Crippen molar-refractivity contribution in [1.29, 1.82) is 0 Å². The Bertz CT molecular complexity index is 970. The van der Waals surface area contributed by atoms with Crippen LogP contribution in [0.1, 0.15) is 98.3 Å². The molecule has 3 saturated carbocycles. The standard InChI is InChI=1S/C33H51NO4/c1-5-6-10-23-15-29(38-28(23)19-34-13-8-7-9-14-34)32-18-25-22(4)11-12-26(25)31(20-35)17-24(32)16-27(21(2)3)33(31,32)30(36)37/h16,20-26,28-29H,5-15,17-19H2,1-4H3,(H,36,37)/t22-,23?,24?,25-,26-,28?,29?,31?,32?,33?/m1/s1. The molecule has 10 atom stereocenters. The van der Waals surface area contributed by atoms with Crippen molar-refractivity contribution in [3.63, 3.8) is 0 Å². The lowest BCUT2D eigenvalue weighted by Gasteiger charge is -2.60. The Morgan fingerprint density at radius 2 is 1.97 bits per heavy atom. The molecule has 0 spiro atoms. The molecule has 6 aliphatic rings. The van der Waals surface area contributed by atoms with Crippen molar-refractivity contribution in [2.45, 2.75) is 111 Å². The predicted molar refractivity (Wildman–Crippen MR) is 149 cm³/mol. The molecule has 0 aromatic heterocycles. The molecule has 4 bridgehead atoms. The molecule has 0 aromatic rings. The molecule has 4 aliphatic carbocycles. The quantitative estimate of drug-likeness (QED) is 0.280. The van der Waals surface area contributed by atoms with Gasteiger partial charge >= 0.3 is 5.97 Å². The molecule has 5 heteroatoms. The number of carboxylic acid groups (broad SMARTS) is 1. The van der Waals surface area contributed by atoms with Gasteiger partial charge in [-0.1, -0.05) is 65.0 Å². The number of carboxylic acids is 1. The summed E-state index contributed by atoms with van der Waals surface area (Å²) in [6, 6.07) is 0. The maximum absolute atomic E-state index is 13.9. The van der Waals surface area contributed by atoms with Crippen LogP contribution in [0.2, 0.25) is 0 Å². The van der Waals surface area contributed by atoms with E-state index in [1.165, 1.54) is 32.1 Å². The fraction of sp³-hybridized carbons (Fsp3) is 0.879. The molecule has 2 heterocycles. The van der Waals surface area contributed by atoms with Crippen LogP contribution in [0, 0.1) is 51.8 Å². The van der Waals surface area contributed by atoms with Crippen molar-refractivity contribution >= 4 is 12.3 Å². The minimum absolute atomic E-state index is 0.0803. The van der Waals surface area contributed by atoms with Gasteiger partial charge in [-0.25, -0.2) is 0 Å². The Kier molecular flexibility index (Phi) is 6.90. The van der Waals surface area contributed by atoms with E-state index in [4.69, 9.17) is 4.74 Å². The van der Waals surface area contributed by atoms with Gasteiger partial charge in [-0.3, -0.25) is 4.79 Å². The molecule has 5 fully saturated rings. The van der Waals surface area contributed by atoms with E-state index in [-0.39, 0.29) is 30.0 Å². The number of aliphatic carboxylic acids is 1. The van der Waals surface area contributed by atoms with Gasteiger partial charge < -0.3 is 19.5 Å². The fourth-order valence-electron chi connectivity index (χ4n) is 11.3. The van der Waals surface area contributed by atoms with Crippen LogP contribution >= 0.6 is 0 Å². The van der Waals surface area contributed by atoms with E-state index in [2.05, 4.69) is 38.7 Å². The fourth-order valence-corrected chi connectivity index (χ4v) is 11.3. The average Bonchev–Trinajstić information content (AvgIpc) is 3.61. The van der Waals surface area contributed by atoms with Gasteiger partial charge in [-0.05, 0) is 93.5 Å².